The van der Waals surface area contributed by atoms with Crippen molar-refractivity contribution < 1.29 is 9.47 Å². The Morgan fingerprint density at radius 2 is 1.89 bits per heavy atom. The molecule has 0 amide bonds. The van der Waals surface area contributed by atoms with Crippen molar-refractivity contribution in [2.45, 2.75) is 20.3 Å². The Morgan fingerprint density at radius 3 is 2.39 bits per heavy atom. The zero-order chi connectivity index (χ0) is 13.5. The van der Waals surface area contributed by atoms with E-state index >= 15 is 0 Å². The average molecular weight is 252 g/mol. The topological polar surface area (TPSA) is 56.5 Å². The van der Waals surface area contributed by atoms with Gasteiger partial charge in [0.25, 0.3) is 0 Å². The minimum Gasteiger partial charge on any atom is -0.496 e. The first-order valence-electron chi connectivity index (χ1n) is 6.32. The lowest BCUT2D eigenvalue weighted by Crippen LogP contribution is -2.22. The number of hydrogen-bond donors (Lipinski definition) is 2. The molecule has 1 aromatic carbocycles. The molecule has 0 aliphatic heterocycles. The lowest BCUT2D eigenvalue weighted by atomic mass is 10.1. The molecule has 1 aromatic rings. The molecule has 18 heavy (non-hydrogen) atoms. The number of methoxy groups -OCH3 is 2. The molecule has 0 heterocycles. The van der Waals surface area contributed by atoms with Gasteiger partial charge in [-0.2, -0.15) is 0 Å². The maximum Gasteiger partial charge on any atom is 0.142 e. The van der Waals surface area contributed by atoms with Crippen molar-refractivity contribution in [1.82, 2.24) is 0 Å². The number of benzene rings is 1. The summed E-state index contributed by atoms with van der Waals surface area (Å²) in [5.41, 5.74) is 7.71. The van der Waals surface area contributed by atoms with Crippen molar-refractivity contribution in [2.24, 2.45) is 11.7 Å². The van der Waals surface area contributed by atoms with E-state index in [1.165, 1.54) is 0 Å². The van der Waals surface area contributed by atoms with Gasteiger partial charge in [0.15, 0.2) is 0 Å². The Bertz CT molecular complexity index is 376. The summed E-state index contributed by atoms with van der Waals surface area (Å²) in [6.07, 6.45) is 1.06. The second-order valence-corrected chi connectivity index (χ2v) is 4.41. The van der Waals surface area contributed by atoms with Crippen LogP contribution in [0.2, 0.25) is 0 Å². The third kappa shape index (κ3) is 3.53. The summed E-state index contributed by atoms with van der Waals surface area (Å²) in [6, 6.07) is 3.95. The smallest absolute Gasteiger partial charge is 0.142 e. The Hall–Kier alpha value is -1.42. The molecule has 1 rings (SSSR count). The highest BCUT2D eigenvalue weighted by Crippen LogP contribution is 2.32. The second kappa shape index (κ2) is 7.11. The van der Waals surface area contributed by atoms with Gasteiger partial charge in [0, 0.05) is 12.6 Å². The molecule has 0 saturated carbocycles. The molecule has 0 aliphatic rings. The standard InChI is InChI=1S/C14H24N2O2/c1-5-11(8-15)9-16-12-7-13(17-3)10(2)6-14(12)18-4/h6-7,11,16H,5,8-9,15H2,1-4H3. The Morgan fingerprint density at radius 1 is 1.22 bits per heavy atom. The highest BCUT2D eigenvalue weighted by atomic mass is 16.5. The molecule has 0 aliphatic carbocycles. The van der Waals surface area contributed by atoms with E-state index in [0.29, 0.717) is 12.5 Å². The van der Waals surface area contributed by atoms with Gasteiger partial charge in [-0.05, 0) is 31.0 Å². The molecule has 0 saturated heterocycles. The lowest BCUT2D eigenvalue weighted by molar-refractivity contribution is 0.401. The van der Waals surface area contributed by atoms with Gasteiger partial charge < -0.3 is 20.5 Å². The van der Waals surface area contributed by atoms with Gasteiger partial charge in [-0.3, -0.25) is 0 Å². The van der Waals surface area contributed by atoms with Crippen molar-refractivity contribution in [3.63, 3.8) is 0 Å². The largest absolute Gasteiger partial charge is 0.496 e. The van der Waals surface area contributed by atoms with Crippen molar-refractivity contribution in [3.8, 4) is 11.5 Å². The van der Waals surface area contributed by atoms with E-state index in [4.69, 9.17) is 15.2 Å². The molecule has 102 valence electrons. The summed E-state index contributed by atoms with van der Waals surface area (Å²) >= 11 is 0. The summed E-state index contributed by atoms with van der Waals surface area (Å²) in [5.74, 6) is 2.17. The molecule has 0 fully saturated rings. The number of hydrogen-bond acceptors (Lipinski definition) is 4. The summed E-state index contributed by atoms with van der Waals surface area (Å²) in [5, 5.41) is 3.38. The summed E-state index contributed by atoms with van der Waals surface area (Å²) in [4.78, 5) is 0. The fourth-order valence-corrected chi connectivity index (χ4v) is 1.84. The third-order valence-electron chi connectivity index (χ3n) is 3.21. The van der Waals surface area contributed by atoms with E-state index in [-0.39, 0.29) is 0 Å². The molecular weight excluding hydrogens is 228 g/mol. The van der Waals surface area contributed by atoms with Crippen LogP contribution in [-0.2, 0) is 0 Å². The molecule has 1 unspecified atom stereocenters. The average Bonchev–Trinajstić information content (AvgIpc) is 2.40. The molecule has 4 heteroatoms. The van der Waals surface area contributed by atoms with Crippen molar-refractivity contribution in [2.75, 3.05) is 32.6 Å². The van der Waals surface area contributed by atoms with E-state index in [1.807, 2.05) is 19.1 Å². The maximum absolute atomic E-state index is 5.70. The van der Waals surface area contributed by atoms with Crippen molar-refractivity contribution >= 4 is 5.69 Å². The van der Waals surface area contributed by atoms with Crippen LogP contribution >= 0.6 is 0 Å². The van der Waals surface area contributed by atoms with Crippen LogP contribution in [0.1, 0.15) is 18.9 Å². The summed E-state index contributed by atoms with van der Waals surface area (Å²) in [7, 11) is 3.35. The first-order chi connectivity index (χ1) is 8.65. The minimum atomic E-state index is 0.474. The SMILES string of the molecule is CCC(CN)CNc1cc(OC)c(C)cc1OC. The summed E-state index contributed by atoms with van der Waals surface area (Å²) < 4.78 is 10.7. The number of nitrogens with one attached hydrogen (secondary N) is 1. The van der Waals surface area contributed by atoms with Gasteiger partial charge in [0.2, 0.25) is 0 Å². The Labute approximate surface area is 109 Å². The van der Waals surface area contributed by atoms with E-state index < -0.39 is 0 Å². The molecule has 0 bridgehead atoms. The first kappa shape index (κ1) is 14.6. The predicted molar refractivity (Wildman–Crippen MR) is 75.6 cm³/mol. The zero-order valence-electron chi connectivity index (χ0n) is 11.7. The van der Waals surface area contributed by atoms with Crippen LogP contribution in [0.25, 0.3) is 0 Å². The molecular formula is C14H24N2O2. The number of aryl methyl sites for hydroxylation is 1. The minimum absolute atomic E-state index is 0.474. The van der Waals surface area contributed by atoms with Crippen LogP contribution in [0.15, 0.2) is 12.1 Å². The molecule has 3 N–H and O–H groups in total. The molecule has 4 nitrogen and oxygen atoms in total. The third-order valence-corrected chi connectivity index (χ3v) is 3.21. The Kier molecular flexibility index (Phi) is 5.78. The summed E-state index contributed by atoms with van der Waals surface area (Å²) in [6.45, 7) is 5.68. The highest BCUT2D eigenvalue weighted by Gasteiger charge is 2.10. The Balaban J connectivity index is 2.85. The zero-order valence-corrected chi connectivity index (χ0v) is 11.7. The number of nitrogens with two attached hydrogens (primary N) is 1. The number of ether oxygens (including phenoxy) is 2. The normalized spacial score (nSPS) is 12.1. The van der Waals surface area contributed by atoms with Gasteiger partial charge in [-0.25, -0.2) is 0 Å². The van der Waals surface area contributed by atoms with Gasteiger partial charge in [0.05, 0.1) is 19.9 Å². The van der Waals surface area contributed by atoms with Crippen LogP contribution in [-0.4, -0.2) is 27.3 Å². The van der Waals surface area contributed by atoms with Gasteiger partial charge >= 0.3 is 0 Å². The van der Waals surface area contributed by atoms with Crippen LogP contribution in [0.5, 0.6) is 11.5 Å². The second-order valence-electron chi connectivity index (χ2n) is 4.41. The van der Waals surface area contributed by atoms with Gasteiger partial charge in [-0.15, -0.1) is 0 Å². The van der Waals surface area contributed by atoms with Crippen LogP contribution in [0, 0.1) is 12.8 Å². The van der Waals surface area contributed by atoms with E-state index in [2.05, 4.69) is 12.2 Å². The van der Waals surface area contributed by atoms with Crippen LogP contribution < -0.4 is 20.5 Å². The van der Waals surface area contributed by atoms with E-state index in [0.717, 1.165) is 35.7 Å². The van der Waals surface area contributed by atoms with Crippen molar-refractivity contribution in [3.05, 3.63) is 17.7 Å². The highest BCUT2D eigenvalue weighted by molar-refractivity contribution is 5.62. The van der Waals surface area contributed by atoms with Gasteiger partial charge in [0.1, 0.15) is 11.5 Å². The molecule has 0 radical (unpaired) electrons. The fraction of sp³-hybridized carbons (Fsp3) is 0.571. The predicted octanol–water partition coefficient (Wildman–Crippen LogP) is 2.41. The van der Waals surface area contributed by atoms with Crippen LogP contribution in [0.4, 0.5) is 5.69 Å². The van der Waals surface area contributed by atoms with Gasteiger partial charge in [-0.1, -0.05) is 13.3 Å². The maximum atomic E-state index is 5.70. The first-order valence-corrected chi connectivity index (χ1v) is 6.32. The van der Waals surface area contributed by atoms with E-state index in [9.17, 15) is 0 Å². The number of anilines is 1. The van der Waals surface area contributed by atoms with E-state index in [1.54, 1.807) is 14.2 Å². The number of rotatable bonds is 7. The molecule has 1 atom stereocenters. The van der Waals surface area contributed by atoms with Crippen LogP contribution in [0.3, 0.4) is 0 Å². The lowest BCUT2D eigenvalue weighted by Gasteiger charge is -2.18. The molecule has 0 aromatic heterocycles. The molecule has 0 spiro atoms. The monoisotopic (exact) mass is 252 g/mol. The van der Waals surface area contributed by atoms with Crippen molar-refractivity contribution in [1.29, 1.82) is 0 Å². The fourth-order valence-electron chi connectivity index (χ4n) is 1.84. The quantitative estimate of drug-likeness (QED) is 0.782.